The Kier molecular flexibility index (Phi) is 7.16. The van der Waals surface area contributed by atoms with Gasteiger partial charge in [0.25, 0.3) is 0 Å². The molecule has 0 radical (unpaired) electrons. The number of unbranched alkanes of at least 4 members (excludes halogenated alkanes) is 6. The van der Waals surface area contributed by atoms with E-state index in [-0.39, 0.29) is 17.1 Å². The fourth-order valence-corrected chi connectivity index (χ4v) is 2.11. The number of phenolic OH excluding ortho intramolecular Hbond substituents is 1. The van der Waals surface area contributed by atoms with E-state index < -0.39 is 5.82 Å². The van der Waals surface area contributed by atoms with Gasteiger partial charge in [-0.25, -0.2) is 4.39 Å². The molecular formula is C16H23FO2. The molecule has 0 saturated heterocycles. The van der Waals surface area contributed by atoms with Crippen molar-refractivity contribution in [2.45, 2.75) is 58.3 Å². The molecule has 0 heterocycles. The van der Waals surface area contributed by atoms with Crippen molar-refractivity contribution in [2.75, 3.05) is 0 Å². The monoisotopic (exact) mass is 266 g/mol. The van der Waals surface area contributed by atoms with Crippen LogP contribution < -0.4 is 0 Å². The van der Waals surface area contributed by atoms with E-state index in [9.17, 15) is 14.3 Å². The lowest BCUT2D eigenvalue weighted by Crippen LogP contribution is -2.00. The Morgan fingerprint density at radius 3 is 2.42 bits per heavy atom. The van der Waals surface area contributed by atoms with Crippen LogP contribution in [0, 0.1) is 5.82 Å². The minimum absolute atomic E-state index is 0.103. The van der Waals surface area contributed by atoms with Crippen molar-refractivity contribution in [2.24, 2.45) is 0 Å². The number of carbonyl (C=O) groups is 1. The van der Waals surface area contributed by atoms with Gasteiger partial charge in [-0.15, -0.1) is 0 Å². The standard InChI is InChI=1S/C16H23FO2/c1-2-3-4-5-6-7-8-9-15(18)14-12-13(17)10-11-16(14)19/h10-12,19H,2-9H2,1H3. The van der Waals surface area contributed by atoms with E-state index in [1.54, 1.807) is 0 Å². The van der Waals surface area contributed by atoms with Gasteiger partial charge < -0.3 is 5.11 Å². The van der Waals surface area contributed by atoms with Crippen molar-refractivity contribution in [1.29, 1.82) is 0 Å². The molecule has 0 aromatic heterocycles. The first kappa shape index (κ1) is 15.7. The van der Waals surface area contributed by atoms with Gasteiger partial charge in [0.15, 0.2) is 5.78 Å². The summed E-state index contributed by atoms with van der Waals surface area (Å²) in [5.74, 6) is -0.791. The number of benzene rings is 1. The predicted octanol–water partition coefficient (Wildman–Crippen LogP) is 4.85. The largest absolute Gasteiger partial charge is 0.507 e. The zero-order valence-electron chi connectivity index (χ0n) is 11.6. The molecule has 0 amide bonds. The van der Waals surface area contributed by atoms with Gasteiger partial charge in [0, 0.05) is 6.42 Å². The lowest BCUT2D eigenvalue weighted by Gasteiger charge is -2.04. The Morgan fingerprint density at radius 2 is 1.74 bits per heavy atom. The van der Waals surface area contributed by atoms with Gasteiger partial charge in [-0.1, -0.05) is 45.4 Å². The summed E-state index contributed by atoms with van der Waals surface area (Å²) in [5, 5.41) is 9.52. The average Bonchev–Trinajstić information content (AvgIpc) is 2.40. The molecule has 1 N–H and O–H groups in total. The van der Waals surface area contributed by atoms with Crippen LogP contribution >= 0.6 is 0 Å². The highest BCUT2D eigenvalue weighted by Gasteiger charge is 2.11. The molecule has 1 rings (SSSR count). The maximum Gasteiger partial charge on any atom is 0.166 e. The average molecular weight is 266 g/mol. The van der Waals surface area contributed by atoms with Crippen LogP contribution in [0.1, 0.15) is 68.6 Å². The van der Waals surface area contributed by atoms with Crippen LogP contribution in [0.2, 0.25) is 0 Å². The van der Waals surface area contributed by atoms with Crippen molar-refractivity contribution < 1.29 is 14.3 Å². The second-order valence-electron chi connectivity index (χ2n) is 4.96. The molecule has 0 saturated carbocycles. The van der Waals surface area contributed by atoms with Crippen LogP contribution in [0.5, 0.6) is 5.75 Å². The maximum absolute atomic E-state index is 13.0. The van der Waals surface area contributed by atoms with E-state index in [1.807, 2.05) is 0 Å². The summed E-state index contributed by atoms with van der Waals surface area (Å²) < 4.78 is 13.0. The van der Waals surface area contributed by atoms with E-state index >= 15 is 0 Å². The first-order valence-corrected chi connectivity index (χ1v) is 7.17. The second-order valence-corrected chi connectivity index (χ2v) is 4.96. The Morgan fingerprint density at radius 1 is 1.11 bits per heavy atom. The number of hydrogen-bond donors (Lipinski definition) is 1. The van der Waals surface area contributed by atoms with Crippen LogP contribution in [-0.4, -0.2) is 10.9 Å². The Hall–Kier alpha value is -1.38. The molecule has 1 aromatic rings. The number of phenols is 1. The molecule has 1 aromatic carbocycles. The summed E-state index contributed by atoms with van der Waals surface area (Å²) in [6.45, 7) is 2.18. The van der Waals surface area contributed by atoms with Gasteiger partial charge >= 0.3 is 0 Å². The number of rotatable bonds is 9. The van der Waals surface area contributed by atoms with Gasteiger partial charge in [-0.05, 0) is 24.6 Å². The van der Waals surface area contributed by atoms with Gasteiger partial charge in [-0.2, -0.15) is 0 Å². The first-order valence-electron chi connectivity index (χ1n) is 7.17. The third-order valence-electron chi connectivity index (χ3n) is 3.27. The van der Waals surface area contributed by atoms with E-state index in [1.165, 1.54) is 31.7 Å². The molecule has 3 heteroatoms. The topological polar surface area (TPSA) is 37.3 Å². The number of halogens is 1. The van der Waals surface area contributed by atoms with E-state index in [2.05, 4.69) is 6.92 Å². The van der Waals surface area contributed by atoms with Gasteiger partial charge in [0.05, 0.1) is 5.56 Å². The zero-order chi connectivity index (χ0) is 14.1. The Bertz CT molecular complexity index is 402. The van der Waals surface area contributed by atoms with E-state index in [4.69, 9.17) is 0 Å². The summed E-state index contributed by atoms with van der Waals surface area (Å²) in [7, 11) is 0. The third-order valence-corrected chi connectivity index (χ3v) is 3.27. The fourth-order valence-electron chi connectivity index (χ4n) is 2.11. The summed E-state index contributed by atoms with van der Waals surface area (Å²) >= 11 is 0. The van der Waals surface area contributed by atoms with Crippen molar-refractivity contribution >= 4 is 5.78 Å². The summed E-state index contributed by atoms with van der Waals surface area (Å²) in [4.78, 5) is 11.8. The maximum atomic E-state index is 13.0. The second kappa shape index (κ2) is 8.68. The number of Topliss-reactive ketones (excluding diaryl/α,β-unsaturated/α-hetero) is 1. The van der Waals surface area contributed by atoms with Crippen LogP contribution in [0.4, 0.5) is 4.39 Å². The third kappa shape index (κ3) is 5.86. The van der Waals surface area contributed by atoms with Crippen molar-refractivity contribution in [3.05, 3.63) is 29.6 Å². The molecule has 19 heavy (non-hydrogen) atoms. The van der Waals surface area contributed by atoms with E-state index in [0.29, 0.717) is 6.42 Å². The molecular weight excluding hydrogens is 243 g/mol. The number of carbonyl (C=O) groups excluding carboxylic acids is 1. The van der Waals surface area contributed by atoms with E-state index in [0.717, 1.165) is 31.4 Å². The van der Waals surface area contributed by atoms with Crippen LogP contribution in [0.15, 0.2) is 18.2 Å². The Labute approximate surface area is 114 Å². The Balaban J connectivity index is 2.26. The molecule has 0 aliphatic rings. The minimum atomic E-state index is -0.485. The van der Waals surface area contributed by atoms with Crippen molar-refractivity contribution in [3.8, 4) is 5.75 Å². The van der Waals surface area contributed by atoms with Crippen molar-refractivity contribution in [3.63, 3.8) is 0 Å². The summed E-state index contributed by atoms with van der Waals surface area (Å²) in [5.41, 5.74) is 0.103. The molecule has 0 fully saturated rings. The first-order chi connectivity index (χ1) is 9.15. The van der Waals surface area contributed by atoms with Gasteiger partial charge in [0.2, 0.25) is 0 Å². The van der Waals surface area contributed by atoms with Crippen LogP contribution in [0.3, 0.4) is 0 Å². The SMILES string of the molecule is CCCCCCCCCC(=O)c1cc(F)ccc1O. The smallest absolute Gasteiger partial charge is 0.166 e. The molecule has 106 valence electrons. The molecule has 0 bridgehead atoms. The molecule has 0 aliphatic heterocycles. The van der Waals surface area contributed by atoms with Crippen LogP contribution in [-0.2, 0) is 0 Å². The normalized spacial score (nSPS) is 10.6. The number of hydrogen-bond acceptors (Lipinski definition) is 2. The zero-order valence-corrected chi connectivity index (χ0v) is 11.6. The molecule has 0 unspecified atom stereocenters. The van der Waals surface area contributed by atoms with Crippen molar-refractivity contribution in [1.82, 2.24) is 0 Å². The molecule has 0 atom stereocenters. The fraction of sp³-hybridized carbons (Fsp3) is 0.562. The number of aromatic hydroxyl groups is 1. The lowest BCUT2D eigenvalue weighted by molar-refractivity contribution is 0.0976. The van der Waals surface area contributed by atoms with Crippen LogP contribution in [0.25, 0.3) is 0 Å². The highest BCUT2D eigenvalue weighted by Crippen LogP contribution is 2.20. The highest BCUT2D eigenvalue weighted by molar-refractivity contribution is 5.98. The van der Waals surface area contributed by atoms with Gasteiger partial charge in [-0.3, -0.25) is 4.79 Å². The molecule has 0 spiro atoms. The minimum Gasteiger partial charge on any atom is -0.507 e. The summed E-state index contributed by atoms with van der Waals surface area (Å²) in [6, 6.07) is 3.49. The predicted molar refractivity (Wildman–Crippen MR) is 75.0 cm³/mol. The quantitative estimate of drug-likeness (QED) is 0.512. The molecule has 2 nitrogen and oxygen atoms in total. The lowest BCUT2D eigenvalue weighted by atomic mass is 10.0. The highest BCUT2D eigenvalue weighted by atomic mass is 19.1. The number of ketones is 1. The van der Waals surface area contributed by atoms with Gasteiger partial charge in [0.1, 0.15) is 11.6 Å². The summed E-state index contributed by atoms with van der Waals surface area (Å²) in [6.07, 6.45) is 8.33. The molecule has 0 aliphatic carbocycles.